The fraction of sp³-hybridized carbons (Fsp3) is 0.333. The van der Waals surface area contributed by atoms with Gasteiger partial charge in [-0.25, -0.2) is 0 Å². The highest BCUT2D eigenvalue weighted by atomic mass is 32.2. The minimum absolute atomic E-state index is 0.999. The summed E-state index contributed by atoms with van der Waals surface area (Å²) < 4.78 is 0. The van der Waals surface area contributed by atoms with E-state index in [-0.39, 0.29) is 0 Å². The van der Waals surface area contributed by atoms with Crippen molar-refractivity contribution in [3.63, 3.8) is 0 Å². The van der Waals surface area contributed by atoms with Crippen LogP contribution in [0.25, 0.3) is 0 Å². The van der Waals surface area contributed by atoms with Crippen LogP contribution < -0.4 is 0 Å². The molecule has 41 valence electrons. The van der Waals surface area contributed by atoms with Crippen molar-refractivity contribution in [1.82, 2.24) is 4.90 Å². The number of thioether (sulfide) groups is 1. The summed E-state index contributed by atoms with van der Waals surface area (Å²) in [5.74, 6) is 1.12. The number of hydrogen-bond acceptors (Lipinski definition) is 2. The van der Waals surface area contributed by atoms with Gasteiger partial charge in [0.25, 0.3) is 0 Å². The number of allylic oxidation sites excluding steroid dienone is 1. The Morgan fingerprint density at radius 2 is 2.75 bits per heavy atom. The Morgan fingerprint density at radius 3 is 3.62 bits per heavy atom. The third-order valence-corrected chi connectivity index (χ3v) is 2.20. The van der Waals surface area contributed by atoms with Crippen molar-refractivity contribution in [2.24, 2.45) is 0 Å². The quantitative estimate of drug-likeness (QED) is 0.477. The molecular weight excluding hydrogens is 118 g/mol. The largest absolute Gasteiger partial charge is 0.357 e. The molecule has 2 heteroatoms. The van der Waals surface area contributed by atoms with Gasteiger partial charge in [-0.05, 0) is 17.6 Å². The summed E-state index contributed by atoms with van der Waals surface area (Å²) in [5.41, 5.74) is 1.34. The summed E-state index contributed by atoms with van der Waals surface area (Å²) >= 11 is 1.86. The average molecular weight is 124 g/mol. The van der Waals surface area contributed by atoms with Crippen molar-refractivity contribution >= 4 is 11.8 Å². The molecule has 0 amide bonds. The summed E-state index contributed by atoms with van der Waals surface area (Å²) in [6.07, 6.45) is 5.20. The van der Waals surface area contributed by atoms with Crippen LogP contribution in [0, 0.1) is 6.08 Å². The van der Waals surface area contributed by atoms with Crippen molar-refractivity contribution < 1.29 is 0 Å². The van der Waals surface area contributed by atoms with Crippen LogP contribution in [0.4, 0.5) is 0 Å². The normalized spacial score (nSPS) is 24.0. The van der Waals surface area contributed by atoms with Crippen LogP contribution in [0.2, 0.25) is 0 Å². The lowest BCUT2D eigenvalue weighted by molar-refractivity contribution is 0.486. The smallest absolute Gasteiger partial charge is 0.0684 e. The monoisotopic (exact) mass is 124 g/mol. The minimum atomic E-state index is 0.999. The zero-order valence-electron chi connectivity index (χ0n) is 4.42. The second-order valence-corrected chi connectivity index (χ2v) is 2.71. The predicted molar refractivity (Wildman–Crippen MR) is 35.1 cm³/mol. The first-order chi connectivity index (χ1) is 3.97. The summed E-state index contributed by atoms with van der Waals surface area (Å²) in [6, 6.07) is 0. The molecule has 1 nitrogen and oxygen atoms in total. The molecule has 0 aliphatic carbocycles. The summed E-state index contributed by atoms with van der Waals surface area (Å²) in [6.45, 7) is 0.999. The summed E-state index contributed by atoms with van der Waals surface area (Å²) in [5, 5.41) is 2.18. The molecular formula is C6H6NS. The molecule has 2 aliphatic heterocycles. The van der Waals surface area contributed by atoms with E-state index in [1.54, 1.807) is 0 Å². The lowest BCUT2D eigenvalue weighted by atomic mass is 10.5. The van der Waals surface area contributed by atoms with Crippen LogP contribution in [0.5, 0.6) is 0 Å². The average Bonchev–Trinajstić information content (AvgIpc) is 2.15. The maximum absolute atomic E-state index is 3.14. The molecule has 0 fully saturated rings. The van der Waals surface area contributed by atoms with Crippen LogP contribution in [0.3, 0.4) is 0 Å². The van der Waals surface area contributed by atoms with Crippen molar-refractivity contribution in [3.05, 3.63) is 23.3 Å². The first-order valence-electron chi connectivity index (χ1n) is 2.60. The number of hydrogen-bond donors (Lipinski definition) is 0. The predicted octanol–water partition coefficient (Wildman–Crippen LogP) is 1.21. The standard InChI is InChI=1S/C6H6NS/c1-2-6-4-8-5-7(6)3-1/h2,4H,3,5H2. The van der Waals surface area contributed by atoms with Gasteiger partial charge in [0.05, 0.1) is 5.88 Å². The molecule has 0 bridgehead atoms. The molecule has 0 unspecified atom stereocenters. The Morgan fingerprint density at radius 1 is 1.75 bits per heavy atom. The van der Waals surface area contributed by atoms with E-state index >= 15 is 0 Å². The Kier molecular flexibility index (Phi) is 0.875. The second-order valence-electron chi connectivity index (χ2n) is 1.88. The van der Waals surface area contributed by atoms with Gasteiger partial charge in [-0.2, -0.15) is 0 Å². The zero-order valence-corrected chi connectivity index (χ0v) is 5.24. The molecule has 0 saturated heterocycles. The van der Waals surface area contributed by atoms with Gasteiger partial charge in [-0.15, -0.1) is 11.8 Å². The third kappa shape index (κ3) is 0.494. The molecule has 2 heterocycles. The maximum atomic E-state index is 3.14. The molecule has 2 rings (SSSR count). The highest BCUT2D eigenvalue weighted by Crippen LogP contribution is 2.26. The van der Waals surface area contributed by atoms with Gasteiger partial charge >= 0.3 is 0 Å². The van der Waals surface area contributed by atoms with E-state index in [0.717, 1.165) is 12.4 Å². The maximum Gasteiger partial charge on any atom is 0.0684 e. The van der Waals surface area contributed by atoms with Gasteiger partial charge in [0, 0.05) is 12.2 Å². The lowest BCUT2D eigenvalue weighted by Gasteiger charge is -2.09. The number of nitrogens with zero attached hydrogens (tertiary/aromatic N) is 1. The fourth-order valence-electron chi connectivity index (χ4n) is 0.884. The van der Waals surface area contributed by atoms with E-state index in [9.17, 15) is 0 Å². The van der Waals surface area contributed by atoms with Gasteiger partial charge in [0.15, 0.2) is 0 Å². The van der Waals surface area contributed by atoms with E-state index in [1.807, 2.05) is 11.8 Å². The van der Waals surface area contributed by atoms with E-state index < -0.39 is 0 Å². The fourth-order valence-corrected chi connectivity index (χ4v) is 1.77. The van der Waals surface area contributed by atoms with Gasteiger partial charge in [0.2, 0.25) is 0 Å². The molecule has 0 saturated carbocycles. The van der Waals surface area contributed by atoms with E-state index in [1.165, 1.54) is 5.70 Å². The van der Waals surface area contributed by atoms with Crippen molar-refractivity contribution in [1.29, 1.82) is 0 Å². The molecule has 0 aromatic heterocycles. The Labute approximate surface area is 53.1 Å². The lowest BCUT2D eigenvalue weighted by Crippen LogP contribution is -2.12. The first kappa shape index (κ1) is 4.50. The summed E-state index contributed by atoms with van der Waals surface area (Å²) in [7, 11) is 0. The van der Waals surface area contributed by atoms with Crippen molar-refractivity contribution in [2.75, 3.05) is 12.4 Å². The minimum Gasteiger partial charge on any atom is -0.357 e. The van der Waals surface area contributed by atoms with Gasteiger partial charge in [0.1, 0.15) is 0 Å². The zero-order chi connectivity index (χ0) is 5.40. The molecule has 1 radical (unpaired) electrons. The summed E-state index contributed by atoms with van der Waals surface area (Å²) in [4.78, 5) is 2.30. The van der Waals surface area contributed by atoms with Crippen molar-refractivity contribution in [2.45, 2.75) is 0 Å². The molecule has 0 spiro atoms. The van der Waals surface area contributed by atoms with Crippen LogP contribution in [0.1, 0.15) is 0 Å². The highest BCUT2D eigenvalue weighted by molar-refractivity contribution is 8.02. The van der Waals surface area contributed by atoms with Crippen LogP contribution in [-0.4, -0.2) is 17.3 Å². The molecule has 8 heavy (non-hydrogen) atoms. The van der Waals surface area contributed by atoms with E-state index in [2.05, 4.69) is 22.5 Å². The van der Waals surface area contributed by atoms with E-state index in [0.29, 0.717) is 0 Å². The third-order valence-electron chi connectivity index (χ3n) is 1.33. The molecule has 0 N–H and O–H groups in total. The van der Waals surface area contributed by atoms with Gasteiger partial charge in [-0.3, -0.25) is 0 Å². The molecule has 0 aromatic rings. The molecule has 2 aliphatic rings. The van der Waals surface area contributed by atoms with Crippen LogP contribution in [0.15, 0.2) is 17.2 Å². The SMILES string of the molecule is [C]1=CC2=CSCN2C1. The Bertz CT molecular complexity index is 160. The van der Waals surface area contributed by atoms with Gasteiger partial charge < -0.3 is 4.90 Å². The topological polar surface area (TPSA) is 3.24 Å². The van der Waals surface area contributed by atoms with Crippen LogP contribution >= 0.6 is 11.8 Å². The number of fused-ring (bicyclic) bond motifs is 1. The highest BCUT2D eigenvalue weighted by Gasteiger charge is 2.15. The molecule has 0 atom stereocenters. The van der Waals surface area contributed by atoms with E-state index in [4.69, 9.17) is 0 Å². The van der Waals surface area contributed by atoms with Gasteiger partial charge in [-0.1, -0.05) is 0 Å². The Hall–Kier alpha value is -0.370. The number of rotatable bonds is 0. The van der Waals surface area contributed by atoms with Crippen LogP contribution in [-0.2, 0) is 0 Å². The van der Waals surface area contributed by atoms with Crippen molar-refractivity contribution in [3.8, 4) is 0 Å². The second kappa shape index (κ2) is 1.55. The first-order valence-corrected chi connectivity index (χ1v) is 3.65. The molecule has 0 aromatic carbocycles. The Balaban J connectivity index is 2.31.